The van der Waals surface area contributed by atoms with Crippen molar-refractivity contribution in [1.29, 1.82) is 0 Å². The first-order chi connectivity index (χ1) is 14.2. The highest BCUT2D eigenvalue weighted by atomic mass is 32.2. The number of amides is 3. The average molecular weight is 436 g/mol. The van der Waals surface area contributed by atoms with Gasteiger partial charge in [0.1, 0.15) is 11.4 Å². The van der Waals surface area contributed by atoms with Crippen molar-refractivity contribution in [3.63, 3.8) is 0 Å². The van der Waals surface area contributed by atoms with Gasteiger partial charge in [0, 0.05) is 24.2 Å². The van der Waals surface area contributed by atoms with Crippen LogP contribution < -0.4 is 10.2 Å². The zero-order chi connectivity index (χ0) is 21.5. The number of hydrogen-bond acceptors (Lipinski definition) is 5. The summed E-state index contributed by atoms with van der Waals surface area (Å²) >= 11 is -0.237. The predicted octanol–water partition coefficient (Wildman–Crippen LogP) is 4.63. The van der Waals surface area contributed by atoms with E-state index < -0.39 is 17.1 Å². The van der Waals surface area contributed by atoms with Crippen molar-refractivity contribution in [2.24, 2.45) is 0 Å². The summed E-state index contributed by atoms with van der Waals surface area (Å²) < 4.78 is 37.6. The summed E-state index contributed by atoms with van der Waals surface area (Å²) in [5.41, 5.74) is -4.15. The molecule has 1 spiro atoms. The van der Waals surface area contributed by atoms with E-state index in [2.05, 4.69) is 10.3 Å². The lowest BCUT2D eigenvalue weighted by Gasteiger charge is -2.21. The molecule has 2 heterocycles. The molecule has 6 nitrogen and oxygen atoms in total. The third-order valence-electron chi connectivity index (χ3n) is 5.12. The number of nitrogens with zero attached hydrogens (tertiary/aromatic N) is 3. The fourth-order valence-electron chi connectivity index (χ4n) is 3.59. The molecule has 0 atom stereocenters. The number of carbonyl (C=O) groups excluding carboxylic acids is 2. The van der Waals surface area contributed by atoms with E-state index >= 15 is 0 Å². The van der Waals surface area contributed by atoms with E-state index in [9.17, 15) is 22.8 Å². The van der Waals surface area contributed by atoms with Gasteiger partial charge in [-0.15, -0.1) is 0 Å². The maximum absolute atomic E-state index is 13.1. The molecule has 158 valence electrons. The van der Waals surface area contributed by atoms with Crippen molar-refractivity contribution in [2.75, 3.05) is 16.8 Å². The highest BCUT2D eigenvalue weighted by molar-refractivity contribution is 8.00. The van der Waals surface area contributed by atoms with Crippen LogP contribution >= 0.6 is 11.8 Å². The Labute approximate surface area is 175 Å². The van der Waals surface area contributed by atoms with Gasteiger partial charge in [-0.05, 0) is 73.5 Å². The number of thioether (sulfide) groups is 1. The monoisotopic (exact) mass is 436 g/mol. The molecule has 1 saturated carbocycles. The van der Waals surface area contributed by atoms with Crippen LogP contribution in [0.2, 0.25) is 0 Å². The molecule has 4 rings (SSSR count). The van der Waals surface area contributed by atoms with E-state index in [1.807, 2.05) is 13.0 Å². The minimum atomic E-state index is -4.40. The number of benzene rings is 1. The minimum absolute atomic E-state index is 0.00363. The van der Waals surface area contributed by atoms with Gasteiger partial charge < -0.3 is 10.2 Å². The van der Waals surface area contributed by atoms with Crippen LogP contribution in [0.4, 0.5) is 29.5 Å². The van der Waals surface area contributed by atoms with Crippen LogP contribution in [-0.4, -0.2) is 39.4 Å². The van der Waals surface area contributed by atoms with Gasteiger partial charge >= 0.3 is 11.5 Å². The van der Waals surface area contributed by atoms with Crippen molar-refractivity contribution in [3.05, 3.63) is 48.2 Å². The molecule has 1 aromatic carbocycles. The minimum Gasteiger partial charge on any atom is -0.370 e. The number of aromatic nitrogens is 1. The largest absolute Gasteiger partial charge is 0.446 e. The van der Waals surface area contributed by atoms with Gasteiger partial charge in [0.05, 0.1) is 5.69 Å². The first kappa shape index (κ1) is 20.5. The Morgan fingerprint density at radius 2 is 1.87 bits per heavy atom. The number of alkyl halides is 3. The van der Waals surface area contributed by atoms with Crippen LogP contribution in [0.1, 0.15) is 25.3 Å². The number of pyridine rings is 1. The van der Waals surface area contributed by atoms with E-state index in [0.29, 0.717) is 25.2 Å². The molecule has 10 heteroatoms. The third-order valence-corrected chi connectivity index (χ3v) is 5.85. The molecule has 2 fully saturated rings. The molecular formula is C20H19F3N4O2S. The Morgan fingerprint density at radius 3 is 2.47 bits per heavy atom. The zero-order valence-electron chi connectivity index (χ0n) is 16.1. The molecular weight excluding hydrogens is 417 g/mol. The number of carbonyl (C=O) groups is 2. The SMILES string of the molecule is CCNc1cc(CN2C(=O)N(c3ccc(SC(F)(F)F)cc3)C(=O)C23CC3)ccn1. The average Bonchev–Trinajstić information content (AvgIpc) is 3.45. The van der Waals surface area contributed by atoms with Crippen molar-refractivity contribution < 1.29 is 22.8 Å². The predicted molar refractivity (Wildman–Crippen MR) is 107 cm³/mol. The van der Waals surface area contributed by atoms with Gasteiger partial charge in [0.15, 0.2) is 0 Å². The van der Waals surface area contributed by atoms with Crippen molar-refractivity contribution in [1.82, 2.24) is 9.88 Å². The van der Waals surface area contributed by atoms with Gasteiger partial charge in [-0.1, -0.05) is 0 Å². The summed E-state index contributed by atoms with van der Waals surface area (Å²) in [5.74, 6) is 0.358. The molecule has 1 aromatic heterocycles. The van der Waals surface area contributed by atoms with Crippen molar-refractivity contribution in [2.45, 2.75) is 42.3 Å². The second kappa shape index (κ2) is 7.50. The Kier molecular flexibility index (Phi) is 5.13. The standard InChI is InChI=1S/C20H19F3N4O2S/c1-2-24-16-11-13(7-10-25-16)12-26-18(29)27(17(28)19(26)8-9-19)14-3-5-15(6-4-14)30-20(21,22)23/h3-7,10-11H,2,8-9,12H2,1H3,(H,24,25). The number of anilines is 2. The Bertz CT molecular complexity index is 977. The van der Waals surface area contributed by atoms with Crippen LogP contribution in [-0.2, 0) is 11.3 Å². The summed E-state index contributed by atoms with van der Waals surface area (Å²) in [7, 11) is 0. The first-order valence-electron chi connectivity index (χ1n) is 9.44. The quantitative estimate of drug-likeness (QED) is 0.529. The molecule has 1 aliphatic carbocycles. The maximum atomic E-state index is 13.1. The topological polar surface area (TPSA) is 65.5 Å². The molecule has 2 aliphatic rings. The van der Waals surface area contributed by atoms with Crippen molar-refractivity contribution in [3.8, 4) is 0 Å². The highest BCUT2D eigenvalue weighted by Gasteiger charge is 2.65. The molecule has 30 heavy (non-hydrogen) atoms. The molecule has 0 bridgehead atoms. The highest BCUT2D eigenvalue weighted by Crippen LogP contribution is 2.50. The van der Waals surface area contributed by atoms with Gasteiger partial charge in [0.25, 0.3) is 5.91 Å². The number of imide groups is 1. The molecule has 1 saturated heterocycles. The van der Waals surface area contributed by atoms with Gasteiger partial charge in [-0.2, -0.15) is 13.2 Å². The number of urea groups is 1. The van der Waals surface area contributed by atoms with E-state index in [4.69, 9.17) is 0 Å². The van der Waals surface area contributed by atoms with Crippen LogP contribution in [0.3, 0.4) is 0 Å². The van der Waals surface area contributed by atoms with Crippen molar-refractivity contribution >= 4 is 35.2 Å². The van der Waals surface area contributed by atoms with E-state index in [0.717, 1.165) is 10.5 Å². The second-order valence-electron chi connectivity index (χ2n) is 7.16. The molecule has 1 aliphatic heterocycles. The molecule has 3 amide bonds. The Morgan fingerprint density at radius 1 is 1.17 bits per heavy atom. The van der Waals surface area contributed by atoms with E-state index in [-0.39, 0.29) is 34.8 Å². The smallest absolute Gasteiger partial charge is 0.370 e. The lowest BCUT2D eigenvalue weighted by molar-refractivity contribution is -0.120. The van der Waals surface area contributed by atoms with E-state index in [1.54, 1.807) is 17.2 Å². The molecule has 1 N–H and O–H groups in total. The lowest BCUT2D eigenvalue weighted by atomic mass is 10.2. The van der Waals surface area contributed by atoms with E-state index in [1.165, 1.54) is 24.3 Å². The number of rotatable bonds is 6. The number of halogens is 3. The molecule has 0 unspecified atom stereocenters. The maximum Gasteiger partial charge on any atom is 0.446 e. The van der Waals surface area contributed by atoms with Gasteiger partial charge in [-0.25, -0.2) is 14.7 Å². The Hall–Kier alpha value is -2.75. The van der Waals surface area contributed by atoms with Crippen LogP contribution in [0.25, 0.3) is 0 Å². The second-order valence-corrected chi connectivity index (χ2v) is 8.30. The third kappa shape index (κ3) is 3.83. The fraction of sp³-hybridized carbons (Fsp3) is 0.350. The summed E-state index contributed by atoms with van der Waals surface area (Å²) in [5, 5.41) is 3.11. The normalized spacial score (nSPS) is 17.7. The first-order valence-corrected chi connectivity index (χ1v) is 10.3. The molecule has 2 aromatic rings. The lowest BCUT2D eigenvalue weighted by Crippen LogP contribution is -2.36. The van der Waals surface area contributed by atoms with Crippen LogP contribution in [0.5, 0.6) is 0 Å². The number of hydrogen-bond donors (Lipinski definition) is 1. The molecule has 0 radical (unpaired) electrons. The summed E-state index contributed by atoms with van der Waals surface area (Å²) in [6.45, 7) is 2.91. The summed E-state index contributed by atoms with van der Waals surface area (Å²) in [6, 6.07) is 8.45. The summed E-state index contributed by atoms with van der Waals surface area (Å²) in [6.07, 6.45) is 2.78. The van der Waals surface area contributed by atoms with Crippen LogP contribution in [0, 0.1) is 0 Å². The van der Waals surface area contributed by atoms with Gasteiger partial charge in [-0.3, -0.25) is 4.79 Å². The fourth-order valence-corrected chi connectivity index (χ4v) is 4.13. The number of nitrogens with one attached hydrogen (secondary N) is 1. The van der Waals surface area contributed by atoms with Crippen LogP contribution in [0.15, 0.2) is 47.5 Å². The summed E-state index contributed by atoms with van der Waals surface area (Å²) in [4.78, 5) is 33.0. The van der Waals surface area contributed by atoms with Gasteiger partial charge in [0.2, 0.25) is 0 Å². The zero-order valence-corrected chi connectivity index (χ0v) is 16.9. The Balaban J connectivity index is 1.56.